The maximum atomic E-state index is 15.0. The summed E-state index contributed by atoms with van der Waals surface area (Å²) < 4.78 is 54.7. The van der Waals surface area contributed by atoms with E-state index in [1.165, 1.54) is 32.8 Å². The van der Waals surface area contributed by atoms with Gasteiger partial charge in [-0.2, -0.15) is 4.39 Å². The Bertz CT molecular complexity index is 976. The van der Waals surface area contributed by atoms with E-state index in [9.17, 15) is 13.2 Å². The summed E-state index contributed by atoms with van der Waals surface area (Å²) in [5.41, 5.74) is 1.51. The molecule has 0 aromatic heterocycles. The summed E-state index contributed by atoms with van der Waals surface area (Å²) in [5, 5.41) is 0. The van der Waals surface area contributed by atoms with Crippen LogP contribution in [0.5, 0.6) is 11.5 Å². The highest BCUT2D eigenvalue weighted by atomic mass is 19.2. The Hall–Kier alpha value is -2.17. The Labute approximate surface area is 214 Å². The maximum absolute atomic E-state index is 15.0. The Morgan fingerprint density at radius 3 is 2.08 bits per heavy atom. The second kappa shape index (κ2) is 12.9. The van der Waals surface area contributed by atoms with Crippen molar-refractivity contribution in [3.63, 3.8) is 0 Å². The van der Waals surface area contributed by atoms with Gasteiger partial charge in [0, 0.05) is 0 Å². The van der Waals surface area contributed by atoms with Gasteiger partial charge in [-0.3, -0.25) is 0 Å². The van der Waals surface area contributed by atoms with E-state index in [0.29, 0.717) is 18.1 Å². The van der Waals surface area contributed by atoms with Crippen molar-refractivity contribution >= 4 is 0 Å². The molecule has 0 radical (unpaired) electrons. The van der Waals surface area contributed by atoms with Crippen LogP contribution < -0.4 is 9.47 Å². The molecule has 0 amide bonds. The lowest BCUT2D eigenvalue weighted by Crippen LogP contribution is -2.20. The first-order valence-electron chi connectivity index (χ1n) is 13.9. The molecule has 0 atom stereocenters. The van der Waals surface area contributed by atoms with Crippen LogP contribution in [-0.4, -0.2) is 13.7 Å². The second-order valence-electron chi connectivity index (χ2n) is 10.9. The molecule has 5 heteroatoms. The van der Waals surface area contributed by atoms with Gasteiger partial charge in [-0.1, -0.05) is 44.7 Å². The van der Waals surface area contributed by atoms with E-state index in [1.807, 2.05) is 6.07 Å². The number of hydrogen-bond acceptors (Lipinski definition) is 2. The highest BCUT2D eigenvalue weighted by Crippen LogP contribution is 2.41. The van der Waals surface area contributed by atoms with Crippen molar-refractivity contribution in [2.75, 3.05) is 13.7 Å². The summed E-state index contributed by atoms with van der Waals surface area (Å²) in [7, 11) is 1.46. The third-order valence-electron chi connectivity index (χ3n) is 8.55. The molecule has 2 aromatic rings. The maximum Gasteiger partial charge on any atom is 0.200 e. The van der Waals surface area contributed by atoms with Gasteiger partial charge in [0.05, 0.1) is 13.7 Å². The molecule has 0 unspecified atom stereocenters. The Morgan fingerprint density at radius 2 is 1.42 bits per heavy atom. The number of ether oxygens (including phenoxy) is 2. The normalized spacial score (nSPS) is 24.5. The van der Waals surface area contributed by atoms with E-state index in [-0.39, 0.29) is 29.2 Å². The molecule has 2 fully saturated rings. The number of rotatable bonds is 10. The van der Waals surface area contributed by atoms with Crippen LogP contribution >= 0.6 is 0 Å². The molecule has 2 nitrogen and oxygen atoms in total. The lowest BCUT2D eigenvalue weighted by Gasteiger charge is -2.30. The van der Waals surface area contributed by atoms with Crippen LogP contribution in [0.2, 0.25) is 0 Å². The highest BCUT2D eigenvalue weighted by molar-refractivity contribution is 5.34. The standard InChI is InChI=1S/C31H41F3O2/c1-3-4-5-6-21-7-13-24(14-8-21)26-16-18-29(31(34)30(26)33)36-20-22-9-11-23(12-10-22)25-15-17-28(35-2)27(32)19-25/h15-19,21-24H,3-14,20H2,1-2H3. The molecule has 0 N–H and O–H groups in total. The Kier molecular flexibility index (Phi) is 9.61. The lowest BCUT2D eigenvalue weighted by atomic mass is 9.77. The van der Waals surface area contributed by atoms with Crippen molar-refractivity contribution in [2.24, 2.45) is 11.8 Å². The minimum atomic E-state index is -0.847. The number of hydrogen-bond donors (Lipinski definition) is 0. The van der Waals surface area contributed by atoms with Crippen molar-refractivity contribution in [2.45, 2.75) is 95.8 Å². The molecule has 0 bridgehead atoms. The van der Waals surface area contributed by atoms with Gasteiger partial charge in [-0.15, -0.1) is 0 Å². The molecule has 2 aromatic carbocycles. The molecule has 2 aliphatic carbocycles. The van der Waals surface area contributed by atoms with Gasteiger partial charge < -0.3 is 9.47 Å². The highest BCUT2D eigenvalue weighted by Gasteiger charge is 2.28. The largest absolute Gasteiger partial charge is 0.494 e. The minimum Gasteiger partial charge on any atom is -0.494 e. The Balaban J connectivity index is 1.26. The fourth-order valence-electron chi connectivity index (χ4n) is 6.23. The van der Waals surface area contributed by atoms with Crippen LogP contribution in [-0.2, 0) is 0 Å². The van der Waals surface area contributed by atoms with Crippen LogP contribution in [0.1, 0.15) is 107 Å². The van der Waals surface area contributed by atoms with Gasteiger partial charge in [0.15, 0.2) is 23.1 Å². The van der Waals surface area contributed by atoms with E-state index in [4.69, 9.17) is 9.47 Å². The molecular formula is C31H41F3O2. The topological polar surface area (TPSA) is 18.5 Å². The van der Waals surface area contributed by atoms with Crippen molar-refractivity contribution < 1.29 is 22.6 Å². The van der Waals surface area contributed by atoms with Crippen molar-refractivity contribution in [1.29, 1.82) is 0 Å². The van der Waals surface area contributed by atoms with Crippen LogP contribution in [0.15, 0.2) is 30.3 Å². The molecule has 2 aliphatic rings. The van der Waals surface area contributed by atoms with Gasteiger partial charge in [0.2, 0.25) is 5.82 Å². The lowest BCUT2D eigenvalue weighted by molar-refractivity contribution is 0.192. The Morgan fingerprint density at radius 1 is 0.750 bits per heavy atom. The van der Waals surface area contributed by atoms with Gasteiger partial charge >= 0.3 is 0 Å². The zero-order valence-electron chi connectivity index (χ0n) is 21.8. The van der Waals surface area contributed by atoms with Gasteiger partial charge in [-0.05, 0) is 104 Å². The first-order chi connectivity index (χ1) is 17.5. The van der Waals surface area contributed by atoms with Gasteiger partial charge in [-0.25, -0.2) is 8.78 Å². The second-order valence-corrected chi connectivity index (χ2v) is 10.9. The van der Waals surface area contributed by atoms with Crippen LogP contribution in [0, 0.1) is 29.3 Å². The third kappa shape index (κ3) is 6.58. The van der Waals surface area contributed by atoms with Crippen molar-refractivity contribution in [3.8, 4) is 11.5 Å². The van der Waals surface area contributed by atoms with E-state index >= 15 is 0 Å². The van der Waals surface area contributed by atoms with Gasteiger partial charge in [0.1, 0.15) is 0 Å². The summed E-state index contributed by atoms with van der Waals surface area (Å²) >= 11 is 0. The minimum absolute atomic E-state index is 0.0175. The fourth-order valence-corrected chi connectivity index (χ4v) is 6.23. The third-order valence-corrected chi connectivity index (χ3v) is 8.55. The monoisotopic (exact) mass is 502 g/mol. The first kappa shape index (κ1) is 26.9. The van der Waals surface area contributed by atoms with E-state index in [2.05, 4.69) is 6.92 Å². The number of methoxy groups -OCH3 is 1. The molecule has 0 aliphatic heterocycles. The zero-order valence-corrected chi connectivity index (χ0v) is 21.8. The van der Waals surface area contributed by atoms with Crippen LogP contribution in [0.3, 0.4) is 0 Å². The van der Waals surface area contributed by atoms with Crippen LogP contribution in [0.4, 0.5) is 13.2 Å². The molecule has 0 spiro atoms. The summed E-state index contributed by atoms with van der Waals surface area (Å²) in [6, 6.07) is 8.54. The molecular weight excluding hydrogens is 461 g/mol. The summed E-state index contributed by atoms with van der Waals surface area (Å²) in [6.45, 7) is 2.60. The molecule has 0 saturated heterocycles. The quantitative estimate of drug-likeness (QED) is 0.301. The number of unbranched alkanes of at least 4 members (excludes halogenated alkanes) is 2. The predicted octanol–water partition coefficient (Wildman–Crippen LogP) is 9.32. The molecule has 0 heterocycles. The summed E-state index contributed by atoms with van der Waals surface area (Å²) in [5.74, 6) is -0.198. The van der Waals surface area contributed by atoms with Gasteiger partial charge in [0.25, 0.3) is 0 Å². The SMILES string of the molecule is CCCCCC1CCC(c2ccc(OCC3CCC(c4ccc(OC)c(F)c4)CC3)c(F)c2F)CC1. The average Bonchev–Trinajstić information content (AvgIpc) is 2.90. The molecule has 2 saturated carbocycles. The van der Waals surface area contributed by atoms with Crippen molar-refractivity contribution in [3.05, 3.63) is 58.9 Å². The van der Waals surface area contributed by atoms with Crippen LogP contribution in [0.25, 0.3) is 0 Å². The van der Waals surface area contributed by atoms with E-state index < -0.39 is 11.6 Å². The summed E-state index contributed by atoms with van der Waals surface area (Å²) in [6.07, 6.45) is 12.9. The molecule has 198 valence electrons. The summed E-state index contributed by atoms with van der Waals surface area (Å²) in [4.78, 5) is 0. The molecule has 4 rings (SSSR count). The number of halogens is 3. The van der Waals surface area contributed by atoms with E-state index in [0.717, 1.165) is 62.8 Å². The van der Waals surface area contributed by atoms with Crippen molar-refractivity contribution in [1.82, 2.24) is 0 Å². The fraction of sp³-hybridized carbons (Fsp3) is 0.613. The average molecular weight is 503 g/mol. The zero-order chi connectivity index (χ0) is 25.5. The first-order valence-corrected chi connectivity index (χ1v) is 13.9. The van der Waals surface area contributed by atoms with E-state index in [1.54, 1.807) is 24.3 Å². The predicted molar refractivity (Wildman–Crippen MR) is 138 cm³/mol. The smallest absolute Gasteiger partial charge is 0.200 e. The number of benzene rings is 2. The molecule has 36 heavy (non-hydrogen) atoms.